The predicted octanol–water partition coefficient (Wildman–Crippen LogP) is -11.1. The highest BCUT2D eigenvalue weighted by Crippen LogP contribution is 2.38. The molecular formula is C38H66O29. The van der Waals surface area contributed by atoms with Gasteiger partial charge in [0.1, 0.15) is 128 Å². The molecule has 0 bridgehead atoms. The number of aliphatic hydroxyl groups is 17. The zero-order valence-electron chi connectivity index (χ0n) is 36.4. The number of ether oxygens (including phenoxy) is 12. The van der Waals surface area contributed by atoms with E-state index in [1.165, 1.54) is 21.0 Å². The molecule has 0 radical (unpaired) electrons. The van der Waals surface area contributed by atoms with Crippen molar-refractivity contribution in [3.63, 3.8) is 0 Å². The summed E-state index contributed by atoms with van der Waals surface area (Å²) in [4.78, 5) is 0. The average molecular weight is 987 g/mol. The fraction of sp³-hybridized carbons (Fsp3) is 1.00. The van der Waals surface area contributed by atoms with Crippen LogP contribution in [0.1, 0.15) is 13.8 Å². The minimum Gasteiger partial charge on any atom is -0.394 e. The van der Waals surface area contributed by atoms with Gasteiger partial charge in [-0.25, -0.2) is 0 Å². The molecule has 67 heavy (non-hydrogen) atoms. The van der Waals surface area contributed by atoms with Crippen LogP contribution >= 0.6 is 0 Å². The maximum absolute atomic E-state index is 11.6. The van der Waals surface area contributed by atoms with Crippen molar-refractivity contribution in [1.29, 1.82) is 0 Å². The maximum Gasteiger partial charge on any atom is 0.187 e. The van der Waals surface area contributed by atoms with Gasteiger partial charge in [-0.15, -0.1) is 0 Å². The predicted molar refractivity (Wildman–Crippen MR) is 206 cm³/mol. The van der Waals surface area contributed by atoms with Gasteiger partial charge in [0.2, 0.25) is 0 Å². The van der Waals surface area contributed by atoms with Crippen LogP contribution in [-0.2, 0) is 56.8 Å². The first-order valence-corrected chi connectivity index (χ1v) is 21.7. The van der Waals surface area contributed by atoms with E-state index in [4.69, 9.17) is 56.8 Å². The third-order valence-corrected chi connectivity index (χ3v) is 12.9. The molecule has 6 rings (SSSR count). The maximum atomic E-state index is 11.6. The Morgan fingerprint density at radius 2 is 0.657 bits per heavy atom. The van der Waals surface area contributed by atoms with E-state index in [2.05, 4.69) is 0 Å². The largest absolute Gasteiger partial charge is 0.394 e. The fourth-order valence-electron chi connectivity index (χ4n) is 8.85. The van der Waals surface area contributed by atoms with Crippen LogP contribution in [0.4, 0.5) is 0 Å². The van der Waals surface area contributed by atoms with Crippen LogP contribution in [0, 0.1) is 5.92 Å². The van der Waals surface area contributed by atoms with Crippen molar-refractivity contribution >= 4 is 0 Å². The van der Waals surface area contributed by atoms with Gasteiger partial charge in [-0.1, -0.05) is 6.92 Å². The van der Waals surface area contributed by atoms with Gasteiger partial charge < -0.3 is 144 Å². The molecule has 17 N–H and O–H groups in total. The molecule has 6 heterocycles. The topological polar surface area (TPSA) is 455 Å². The van der Waals surface area contributed by atoms with E-state index >= 15 is 0 Å². The lowest BCUT2D eigenvalue weighted by molar-refractivity contribution is -0.396. The molecule has 0 aromatic rings. The zero-order valence-corrected chi connectivity index (χ0v) is 36.4. The Labute approximate surface area is 381 Å². The van der Waals surface area contributed by atoms with Crippen LogP contribution in [-0.4, -0.2) is 305 Å². The summed E-state index contributed by atoms with van der Waals surface area (Å²) in [5.74, 6) is -1.22. The smallest absolute Gasteiger partial charge is 0.187 e. The summed E-state index contributed by atoms with van der Waals surface area (Å²) in [6.07, 6.45) is -50.1. The Bertz CT molecular complexity index is 1500. The first-order valence-electron chi connectivity index (χ1n) is 21.7. The van der Waals surface area contributed by atoms with Crippen molar-refractivity contribution in [1.82, 2.24) is 0 Å². The Balaban J connectivity index is 1.18. The second kappa shape index (κ2) is 23.6. The quantitative estimate of drug-likeness (QED) is 0.0683. The zero-order chi connectivity index (χ0) is 49.3. The Kier molecular flexibility index (Phi) is 19.4. The van der Waals surface area contributed by atoms with Crippen molar-refractivity contribution in [3.05, 3.63) is 0 Å². The van der Waals surface area contributed by atoms with E-state index in [0.29, 0.717) is 0 Å². The minimum absolute atomic E-state index is 0.766. The standard InChI is InChI=1S/C38H66O29/c1-9-28(63-38-32(21(49)17(45)11(4-39)60-38)67-35-24(52)20(48)16(44)10(2)57-35)18(46)12(5-40)58-33(9)66-31-19(47)13(6-41)59-37(27(31)55)65-30-15(8-43)62-36(26(54)23(30)51)64-29-14(7-42)61-34(56-3)25(53)22(29)50/h9-55H,4-8H2,1-3H3/t9-,10?,11?,12?,13?,14?,15?,16+,17-,18-,19-,20-,21?,22?,23?,24?,25-,26-,27?,28?,29+,30-,31-,32-,33-,34+,35-,36-,37+,38-/m0/s1. The molecule has 29 heteroatoms. The average Bonchev–Trinajstić information content (AvgIpc) is 3.32. The number of hydrogen-bond donors (Lipinski definition) is 17. The fourth-order valence-corrected chi connectivity index (χ4v) is 8.85. The van der Waals surface area contributed by atoms with Gasteiger partial charge in [0.25, 0.3) is 0 Å². The third kappa shape index (κ3) is 11.3. The van der Waals surface area contributed by atoms with E-state index < -0.39 is 217 Å². The van der Waals surface area contributed by atoms with Gasteiger partial charge in [0.15, 0.2) is 37.7 Å². The van der Waals surface area contributed by atoms with E-state index in [1.54, 1.807) is 0 Å². The molecule has 30 atom stereocenters. The van der Waals surface area contributed by atoms with Crippen LogP contribution < -0.4 is 0 Å². The molecule has 0 saturated carbocycles. The molecule has 29 nitrogen and oxygen atoms in total. The van der Waals surface area contributed by atoms with Crippen molar-refractivity contribution in [2.45, 2.75) is 192 Å². The van der Waals surface area contributed by atoms with E-state index in [-0.39, 0.29) is 0 Å². The first-order chi connectivity index (χ1) is 31.8. The summed E-state index contributed by atoms with van der Waals surface area (Å²) in [5.41, 5.74) is 0. The highest BCUT2D eigenvalue weighted by Gasteiger charge is 2.57. The monoisotopic (exact) mass is 986 g/mol. The van der Waals surface area contributed by atoms with Crippen molar-refractivity contribution in [3.8, 4) is 0 Å². The molecule has 6 saturated heterocycles. The second-order valence-electron chi connectivity index (χ2n) is 17.3. The summed E-state index contributed by atoms with van der Waals surface area (Å²) in [6.45, 7) is -1.70. The molecule has 0 spiro atoms. The van der Waals surface area contributed by atoms with Gasteiger partial charge in [-0.05, 0) is 6.92 Å². The molecule has 6 aliphatic rings. The van der Waals surface area contributed by atoms with E-state index in [9.17, 15) is 86.8 Å². The summed E-state index contributed by atoms with van der Waals surface area (Å²) in [5, 5.41) is 181. The summed E-state index contributed by atoms with van der Waals surface area (Å²) >= 11 is 0. The van der Waals surface area contributed by atoms with Gasteiger partial charge in [-0.2, -0.15) is 0 Å². The molecule has 392 valence electrons. The number of methoxy groups -OCH3 is 1. The molecule has 0 amide bonds. The van der Waals surface area contributed by atoms with Gasteiger partial charge >= 0.3 is 0 Å². The summed E-state index contributed by atoms with van der Waals surface area (Å²) in [7, 11) is 1.17. The molecule has 0 aromatic heterocycles. The second-order valence-corrected chi connectivity index (χ2v) is 17.3. The number of hydrogen-bond acceptors (Lipinski definition) is 29. The highest BCUT2D eigenvalue weighted by molar-refractivity contribution is 4.99. The Morgan fingerprint density at radius 1 is 0.299 bits per heavy atom. The summed E-state index contributed by atoms with van der Waals surface area (Å²) < 4.78 is 68.0. The molecule has 6 aliphatic heterocycles. The summed E-state index contributed by atoms with van der Waals surface area (Å²) in [6, 6.07) is 0. The van der Waals surface area contributed by atoms with Crippen molar-refractivity contribution < 1.29 is 144 Å². The van der Waals surface area contributed by atoms with E-state index in [0.717, 1.165) is 0 Å². The van der Waals surface area contributed by atoms with Gasteiger partial charge in [0.05, 0.1) is 45.2 Å². The van der Waals surface area contributed by atoms with Crippen LogP contribution in [0.5, 0.6) is 0 Å². The van der Waals surface area contributed by atoms with Crippen molar-refractivity contribution in [2.24, 2.45) is 5.92 Å². The van der Waals surface area contributed by atoms with Crippen molar-refractivity contribution in [2.75, 3.05) is 40.1 Å². The Morgan fingerprint density at radius 3 is 1.19 bits per heavy atom. The van der Waals surface area contributed by atoms with Crippen LogP contribution in [0.15, 0.2) is 0 Å². The highest BCUT2D eigenvalue weighted by atomic mass is 16.8. The SMILES string of the molecule is CO[C@@H]1OC(CO)[C@@H](O[C@@H]2OC(CO)[C@H](O[C@H]3OC(CO)[C@H](O)[C@H](O[C@@H]4OC(CO)[C@H](O)C(O[C@@H]5OC(CO)[C@H](O)C(O)[C@@H]5O[C@@H]5OC(C)[C@@H](O)[C@H](O)C5O)[C@@H]4C)C3O)C(O)[C@@H]2O)C(O)[C@@H]1O. The first kappa shape index (κ1) is 55.2. The van der Waals surface area contributed by atoms with Crippen LogP contribution in [0.3, 0.4) is 0 Å². The normalized spacial score (nSPS) is 53.4. The van der Waals surface area contributed by atoms with E-state index in [1.807, 2.05) is 0 Å². The molecule has 0 aromatic carbocycles. The molecule has 12 unspecified atom stereocenters. The van der Waals surface area contributed by atoms with Gasteiger partial charge in [-0.3, -0.25) is 0 Å². The lowest BCUT2D eigenvalue weighted by atomic mass is 9.91. The van der Waals surface area contributed by atoms with Crippen LogP contribution in [0.25, 0.3) is 0 Å². The number of rotatable bonds is 16. The molecule has 0 aliphatic carbocycles. The lowest BCUT2D eigenvalue weighted by Gasteiger charge is -2.50. The lowest BCUT2D eigenvalue weighted by Crippen LogP contribution is -2.67. The van der Waals surface area contributed by atoms with Crippen LogP contribution in [0.2, 0.25) is 0 Å². The number of aliphatic hydroxyl groups excluding tert-OH is 17. The minimum atomic E-state index is -2.08. The Hall–Kier alpha value is -1.16. The third-order valence-electron chi connectivity index (χ3n) is 12.9. The molecular weight excluding hydrogens is 920 g/mol. The molecule has 6 fully saturated rings. The van der Waals surface area contributed by atoms with Gasteiger partial charge in [0, 0.05) is 13.0 Å².